The van der Waals surface area contributed by atoms with Gasteiger partial charge in [0.1, 0.15) is 0 Å². The minimum atomic E-state index is -4.12. The van der Waals surface area contributed by atoms with E-state index in [0.29, 0.717) is 12.5 Å². The van der Waals surface area contributed by atoms with Gasteiger partial charge in [0.05, 0.1) is 9.82 Å². The van der Waals surface area contributed by atoms with Crippen molar-refractivity contribution in [2.24, 2.45) is 11.1 Å². The van der Waals surface area contributed by atoms with E-state index >= 15 is 0 Å². The van der Waals surface area contributed by atoms with E-state index in [1.54, 1.807) is 0 Å². The number of primary sulfonamides is 1. The standard InChI is InChI=1S/C12H15N3O5S/c13-21(19,20)11-5-9(4-10(6-11)15(17)18)12(16)14-7-8-2-1-3-8/h4-6,8H,1-3,7H2,(H,14,16)(H2,13,19,20). The van der Waals surface area contributed by atoms with Crippen molar-refractivity contribution in [2.45, 2.75) is 24.2 Å². The van der Waals surface area contributed by atoms with Crippen molar-refractivity contribution in [2.75, 3.05) is 6.54 Å². The van der Waals surface area contributed by atoms with E-state index in [1.807, 2.05) is 0 Å². The van der Waals surface area contributed by atoms with Gasteiger partial charge in [0.25, 0.3) is 11.6 Å². The lowest BCUT2D eigenvalue weighted by Gasteiger charge is -2.25. The van der Waals surface area contributed by atoms with E-state index in [-0.39, 0.29) is 5.56 Å². The molecule has 21 heavy (non-hydrogen) atoms. The second kappa shape index (κ2) is 5.78. The number of non-ortho nitro benzene ring substituents is 1. The first-order chi connectivity index (χ1) is 9.77. The van der Waals surface area contributed by atoms with E-state index < -0.39 is 31.4 Å². The van der Waals surface area contributed by atoms with Crippen LogP contribution in [0.2, 0.25) is 0 Å². The molecule has 0 bridgehead atoms. The van der Waals surface area contributed by atoms with Gasteiger partial charge < -0.3 is 5.32 Å². The summed E-state index contributed by atoms with van der Waals surface area (Å²) < 4.78 is 22.7. The molecule has 1 saturated carbocycles. The molecule has 0 radical (unpaired) electrons. The van der Waals surface area contributed by atoms with Gasteiger partial charge in [0.2, 0.25) is 10.0 Å². The van der Waals surface area contributed by atoms with Crippen LogP contribution in [0.4, 0.5) is 5.69 Å². The van der Waals surface area contributed by atoms with Gasteiger partial charge >= 0.3 is 0 Å². The first-order valence-corrected chi connectivity index (χ1v) is 7.92. The number of nitrogens with two attached hydrogens (primary N) is 1. The highest BCUT2D eigenvalue weighted by atomic mass is 32.2. The van der Waals surface area contributed by atoms with Crippen molar-refractivity contribution in [1.82, 2.24) is 5.32 Å². The lowest BCUT2D eigenvalue weighted by molar-refractivity contribution is -0.385. The Kier molecular flexibility index (Phi) is 4.24. The van der Waals surface area contributed by atoms with Gasteiger partial charge in [-0.2, -0.15) is 0 Å². The number of carbonyl (C=O) groups excluding carboxylic acids is 1. The predicted octanol–water partition coefficient (Wildman–Crippen LogP) is 0.772. The third-order valence-corrected chi connectivity index (χ3v) is 4.36. The molecule has 0 aliphatic heterocycles. The molecular weight excluding hydrogens is 298 g/mol. The Labute approximate surface area is 121 Å². The zero-order chi connectivity index (χ0) is 15.6. The molecular formula is C12H15N3O5S. The number of nitro benzene ring substituents is 1. The number of hydrogen-bond donors (Lipinski definition) is 2. The van der Waals surface area contributed by atoms with Crippen LogP contribution < -0.4 is 10.5 Å². The number of nitrogens with one attached hydrogen (secondary N) is 1. The molecule has 114 valence electrons. The summed E-state index contributed by atoms with van der Waals surface area (Å²) >= 11 is 0. The summed E-state index contributed by atoms with van der Waals surface area (Å²) in [4.78, 5) is 21.6. The number of amides is 1. The minimum absolute atomic E-state index is 0.0902. The highest BCUT2D eigenvalue weighted by Gasteiger charge is 2.21. The monoisotopic (exact) mass is 313 g/mol. The molecule has 0 saturated heterocycles. The fraction of sp³-hybridized carbons (Fsp3) is 0.417. The molecule has 1 amide bonds. The number of carbonyl (C=O) groups is 1. The van der Waals surface area contributed by atoms with Crippen LogP contribution >= 0.6 is 0 Å². The predicted molar refractivity (Wildman–Crippen MR) is 74.1 cm³/mol. The molecule has 1 aliphatic carbocycles. The van der Waals surface area contributed by atoms with Crippen molar-refractivity contribution >= 4 is 21.6 Å². The molecule has 3 N–H and O–H groups in total. The van der Waals surface area contributed by atoms with Crippen LogP contribution in [-0.4, -0.2) is 25.8 Å². The number of nitrogens with zero attached hydrogens (tertiary/aromatic N) is 1. The van der Waals surface area contributed by atoms with Gasteiger partial charge in [0, 0.05) is 24.2 Å². The van der Waals surface area contributed by atoms with Crippen molar-refractivity contribution in [1.29, 1.82) is 0 Å². The first kappa shape index (κ1) is 15.4. The first-order valence-electron chi connectivity index (χ1n) is 6.38. The lowest BCUT2D eigenvalue weighted by atomic mass is 9.85. The Morgan fingerprint density at radius 1 is 1.38 bits per heavy atom. The van der Waals surface area contributed by atoms with E-state index in [1.165, 1.54) is 0 Å². The summed E-state index contributed by atoms with van der Waals surface area (Å²) in [6.45, 7) is 0.478. The fourth-order valence-electron chi connectivity index (χ4n) is 2.02. The van der Waals surface area contributed by atoms with Gasteiger partial charge in [-0.05, 0) is 24.8 Å². The van der Waals surface area contributed by atoms with Crippen LogP contribution in [0.15, 0.2) is 23.1 Å². The van der Waals surface area contributed by atoms with Gasteiger partial charge in [-0.1, -0.05) is 6.42 Å². The van der Waals surface area contributed by atoms with Crippen LogP contribution in [0.3, 0.4) is 0 Å². The average molecular weight is 313 g/mol. The second-order valence-electron chi connectivity index (χ2n) is 5.02. The van der Waals surface area contributed by atoms with Crippen LogP contribution in [0.25, 0.3) is 0 Å². The van der Waals surface area contributed by atoms with Crippen LogP contribution in [0, 0.1) is 16.0 Å². The highest BCUT2D eigenvalue weighted by Crippen LogP contribution is 2.25. The lowest BCUT2D eigenvalue weighted by Crippen LogP contribution is -2.32. The van der Waals surface area contributed by atoms with Gasteiger partial charge in [-0.3, -0.25) is 14.9 Å². The molecule has 0 unspecified atom stereocenters. The molecule has 1 fully saturated rings. The quantitative estimate of drug-likeness (QED) is 0.612. The summed E-state index contributed by atoms with van der Waals surface area (Å²) in [5.74, 6) is -0.124. The van der Waals surface area contributed by atoms with Crippen LogP contribution in [0.1, 0.15) is 29.6 Å². The highest BCUT2D eigenvalue weighted by molar-refractivity contribution is 7.89. The molecule has 2 rings (SSSR count). The van der Waals surface area contributed by atoms with Crippen molar-refractivity contribution < 1.29 is 18.1 Å². The summed E-state index contributed by atoms with van der Waals surface area (Å²) in [5.41, 5.74) is -0.581. The molecule has 1 aliphatic rings. The number of benzene rings is 1. The van der Waals surface area contributed by atoms with E-state index in [2.05, 4.69) is 5.32 Å². The number of nitro groups is 1. The summed E-state index contributed by atoms with van der Waals surface area (Å²) in [5, 5.41) is 18.4. The molecule has 1 aromatic carbocycles. The Morgan fingerprint density at radius 3 is 2.52 bits per heavy atom. The minimum Gasteiger partial charge on any atom is -0.352 e. The molecule has 0 atom stereocenters. The Balaban J connectivity index is 2.26. The Morgan fingerprint density at radius 2 is 2.05 bits per heavy atom. The van der Waals surface area contributed by atoms with Crippen molar-refractivity contribution in [3.63, 3.8) is 0 Å². The van der Waals surface area contributed by atoms with Gasteiger partial charge in [0.15, 0.2) is 0 Å². The summed E-state index contributed by atoms with van der Waals surface area (Å²) in [6, 6.07) is 2.90. The number of sulfonamides is 1. The fourth-order valence-corrected chi connectivity index (χ4v) is 2.60. The summed E-state index contributed by atoms with van der Waals surface area (Å²) in [6.07, 6.45) is 3.21. The smallest absolute Gasteiger partial charge is 0.271 e. The van der Waals surface area contributed by atoms with Gasteiger partial charge in [-0.25, -0.2) is 13.6 Å². The maximum Gasteiger partial charge on any atom is 0.271 e. The maximum atomic E-state index is 12.0. The third-order valence-electron chi connectivity index (χ3n) is 3.47. The van der Waals surface area contributed by atoms with Crippen molar-refractivity contribution in [3.8, 4) is 0 Å². The molecule has 0 heterocycles. The Bertz CT molecular complexity index is 682. The SMILES string of the molecule is NS(=O)(=O)c1cc(C(=O)NCC2CCC2)cc([N+](=O)[O-])c1. The van der Waals surface area contributed by atoms with Crippen LogP contribution in [0.5, 0.6) is 0 Å². The molecule has 1 aromatic rings. The van der Waals surface area contributed by atoms with Crippen molar-refractivity contribution in [3.05, 3.63) is 33.9 Å². The zero-order valence-electron chi connectivity index (χ0n) is 11.1. The molecule has 8 nitrogen and oxygen atoms in total. The zero-order valence-corrected chi connectivity index (χ0v) is 11.9. The maximum absolute atomic E-state index is 12.0. The number of rotatable bonds is 5. The third kappa shape index (κ3) is 3.76. The topological polar surface area (TPSA) is 132 Å². The second-order valence-corrected chi connectivity index (χ2v) is 6.59. The largest absolute Gasteiger partial charge is 0.352 e. The van der Waals surface area contributed by atoms with Gasteiger partial charge in [-0.15, -0.1) is 0 Å². The number of hydrogen-bond acceptors (Lipinski definition) is 5. The molecule has 9 heteroatoms. The summed E-state index contributed by atoms with van der Waals surface area (Å²) in [7, 11) is -4.12. The average Bonchev–Trinajstić information content (AvgIpc) is 2.35. The van der Waals surface area contributed by atoms with Crippen LogP contribution in [-0.2, 0) is 10.0 Å². The molecule has 0 spiro atoms. The Hall–Kier alpha value is -2.00. The molecule has 0 aromatic heterocycles. The van der Waals surface area contributed by atoms with E-state index in [9.17, 15) is 23.3 Å². The van der Waals surface area contributed by atoms with E-state index in [4.69, 9.17) is 5.14 Å². The van der Waals surface area contributed by atoms with E-state index in [0.717, 1.165) is 37.5 Å². The normalized spacial score (nSPS) is 15.3.